The average molecular weight is 255 g/mol. The summed E-state index contributed by atoms with van der Waals surface area (Å²) in [7, 11) is 0. The van der Waals surface area contributed by atoms with Gasteiger partial charge in [0.1, 0.15) is 0 Å². The molecule has 0 unspecified atom stereocenters. The van der Waals surface area contributed by atoms with E-state index in [0.29, 0.717) is 24.2 Å². The normalized spacial score (nSPS) is 11.8. The largest absolute Gasteiger partial charge is 0.416 e. The predicted molar refractivity (Wildman–Crippen MR) is 61.8 cm³/mol. The van der Waals surface area contributed by atoms with Gasteiger partial charge in [0.05, 0.1) is 17.5 Å². The van der Waals surface area contributed by atoms with Crippen molar-refractivity contribution in [2.75, 3.05) is 6.54 Å². The van der Waals surface area contributed by atoms with Crippen LogP contribution in [0.4, 0.5) is 13.2 Å². The number of hydrogen-bond acceptors (Lipinski definition) is 2. The van der Waals surface area contributed by atoms with Crippen LogP contribution in [0.15, 0.2) is 30.5 Å². The smallest absolute Gasteiger partial charge is 0.330 e. The van der Waals surface area contributed by atoms with Crippen LogP contribution in [-0.2, 0) is 12.6 Å². The highest BCUT2D eigenvalue weighted by Crippen LogP contribution is 2.32. The first-order chi connectivity index (χ1) is 8.52. The van der Waals surface area contributed by atoms with Crippen LogP contribution in [0, 0.1) is 0 Å². The van der Waals surface area contributed by atoms with Crippen molar-refractivity contribution >= 4 is 0 Å². The molecule has 2 aromatic rings. The zero-order valence-electron chi connectivity index (χ0n) is 9.46. The maximum absolute atomic E-state index is 12.6. The molecule has 0 saturated carbocycles. The Morgan fingerprint density at radius 1 is 1.28 bits per heavy atom. The van der Waals surface area contributed by atoms with Crippen LogP contribution in [0.3, 0.4) is 0 Å². The van der Waals surface area contributed by atoms with Gasteiger partial charge in [0, 0.05) is 5.56 Å². The fourth-order valence-electron chi connectivity index (χ4n) is 1.76. The predicted octanol–water partition coefficient (Wildman–Crippen LogP) is 2.60. The highest BCUT2D eigenvalue weighted by Gasteiger charge is 2.30. The molecule has 0 bridgehead atoms. The molecule has 1 heterocycles. The van der Waals surface area contributed by atoms with Gasteiger partial charge in [-0.15, -0.1) is 0 Å². The molecule has 3 nitrogen and oxygen atoms in total. The van der Waals surface area contributed by atoms with E-state index < -0.39 is 11.7 Å². The van der Waals surface area contributed by atoms with Gasteiger partial charge in [0.2, 0.25) is 0 Å². The Morgan fingerprint density at radius 3 is 2.72 bits per heavy atom. The molecule has 0 amide bonds. The lowest BCUT2D eigenvalue weighted by atomic mass is 10.0. The number of benzene rings is 1. The van der Waals surface area contributed by atoms with E-state index in [1.54, 1.807) is 12.3 Å². The van der Waals surface area contributed by atoms with Crippen molar-refractivity contribution in [2.24, 2.45) is 5.73 Å². The van der Waals surface area contributed by atoms with Crippen molar-refractivity contribution in [3.05, 3.63) is 41.6 Å². The molecular formula is C12H12F3N3. The Morgan fingerprint density at radius 2 is 2.06 bits per heavy atom. The summed E-state index contributed by atoms with van der Waals surface area (Å²) < 4.78 is 37.8. The summed E-state index contributed by atoms with van der Waals surface area (Å²) in [4.78, 5) is 0. The van der Waals surface area contributed by atoms with Gasteiger partial charge >= 0.3 is 6.18 Å². The minimum Gasteiger partial charge on any atom is -0.330 e. The summed E-state index contributed by atoms with van der Waals surface area (Å²) in [6.45, 7) is 0.422. The highest BCUT2D eigenvalue weighted by molar-refractivity contribution is 5.63. The van der Waals surface area contributed by atoms with Crippen LogP contribution in [0.25, 0.3) is 11.3 Å². The summed E-state index contributed by atoms with van der Waals surface area (Å²) >= 11 is 0. The fraction of sp³-hybridized carbons (Fsp3) is 0.250. The number of aromatic amines is 1. The third kappa shape index (κ3) is 2.53. The fourth-order valence-corrected chi connectivity index (χ4v) is 1.76. The molecule has 0 atom stereocenters. The molecule has 18 heavy (non-hydrogen) atoms. The number of aromatic nitrogens is 2. The van der Waals surface area contributed by atoms with Gasteiger partial charge in [0.15, 0.2) is 0 Å². The second kappa shape index (κ2) is 4.81. The van der Waals surface area contributed by atoms with Crippen molar-refractivity contribution in [1.29, 1.82) is 0 Å². The van der Waals surface area contributed by atoms with E-state index in [1.165, 1.54) is 6.07 Å². The molecule has 0 aliphatic carbocycles. The third-order valence-electron chi connectivity index (χ3n) is 2.61. The molecule has 0 fully saturated rings. The number of halogens is 3. The number of nitrogens with one attached hydrogen (secondary N) is 1. The molecule has 0 saturated heterocycles. The van der Waals surface area contributed by atoms with Gasteiger partial charge in [-0.1, -0.05) is 12.1 Å². The molecule has 1 aromatic heterocycles. The molecule has 0 spiro atoms. The maximum Gasteiger partial charge on any atom is 0.416 e. The van der Waals surface area contributed by atoms with Crippen molar-refractivity contribution in [1.82, 2.24) is 10.2 Å². The molecule has 0 aliphatic heterocycles. The maximum atomic E-state index is 12.6. The molecule has 6 heteroatoms. The zero-order valence-corrected chi connectivity index (χ0v) is 9.46. The van der Waals surface area contributed by atoms with Gasteiger partial charge in [-0.3, -0.25) is 5.10 Å². The number of H-pyrrole nitrogens is 1. The number of hydrogen-bond donors (Lipinski definition) is 2. The summed E-state index contributed by atoms with van der Waals surface area (Å²) in [5, 5.41) is 6.56. The number of nitrogens with two attached hydrogens (primary N) is 1. The Kier molecular flexibility index (Phi) is 3.38. The van der Waals surface area contributed by atoms with Crippen LogP contribution < -0.4 is 5.73 Å². The minimum atomic E-state index is -4.34. The van der Waals surface area contributed by atoms with Gasteiger partial charge in [-0.25, -0.2) is 0 Å². The van der Waals surface area contributed by atoms with E-state index >= 15 is 0 Å². The topological polar surface area (TPSA) is 54.7 Å². The van der Waals surface area contributed by atoms with E-state index in [2.05, 4.69) is 10.2 Å². The molecule has 1 aromatic carbocycles. The Bertz CT molecular complexity index is 531. The van der Waals surface area contributed by atoms with Crippen LogP contribution in [0.1, 0.15) is 11.1 Å². The average Bonchev–Trinajstić information content (AvgIpc) is 2.77. The lowest BCUT2D eigenvalue weighted by Crippen LogP contribution is -2.05. The molecular weight excluding hydrogens is 243 g/mol. The van der Waals surface area contributed by atoms with Crippen molar-refractivity contribution in [3.8, 4) is 11.3 Å². The van der Waals surface area contributed by atoms with E-state index in [0.717, 1.165) is 17.7 Å². The lowest BCUT2D eigenvalue weighted by Gasteiger charge is -2.08. The molecule has 96 valence electrons. The standard InChI is InChI=1S/C12H12F3N3/c13-12(14,15)10-3-1-2-8(6-10)11-9(4-5-16)7-17-18-11/h1-3,6-7H,4-5,16H2,(H,17,18). The van der Waals surface area contributed by atoms with Crippen LogP contribution >= 0.6 is 0 Å². The quantitative estimate of drug-likeness (QED) is 0.885. The first-order valence-corrected chi connectivity index (χ1v) is 5.42. The number of rotatable bonds is 3. The lowest BCUT2D eigenvalue weighted by molar-refractivity contribution is -0.137. The zero-order chi connectivity index (χ0) is 13.2. The monoisotopic (exact) mass is 255 g/mol. The Labute approximate surface area is 102 Å². The van der Waals surface area contributed by atoms with Gasteiger partial charge in [0.25, 0.3) is 0 Å². The van der Waals surface area contributed by atoms with Crippen LogP contribution in [0.5, 0.6) is 0 Å². The molecule has 0 aliphatic rings. The van der Waals surface area contributed by atoms with E-state index in [4.69, 9.17) is 5.73 Å². The first kappa shape index (κ1) is 12.6. The first-order valence-electron chi connectivity index (χ1n) is 5.42. The van der Waals surface area contributed by atoms with Crippen LogP contribution in [-0.4, -0.2) is 16.7 Å². The van der Waals surface area contributed by atoms with Crippen molar-refractivity contribution in [3.63, 3.8) is 0 Å². The minimum absolute atomic E-state index is 0.422. The summed E-state index contributed by atoms with van der Waals surface area (Å²) in [6, 6.07) is 5.14. The second-order valence-electron chi connectivity index (χ2n) is 3.89. The molecule has 3 N–H and O–H groups in total. The highest BCUT2D eigenvalue weighted by atomic mass is 19.4. The van der Waals surface area contributed by atoms with Crippen molar-refractivity contribution in [2.45, 2.75) is 12.6 Å². The van der Waals surface area contributed by atoms with Gasteiger partial charge < -0.3 is 5.73 Å². The summed E-state index contributed by atoms with van der Waals surface area (Å²) in [5.74, 6) is 0. The molecule has 0 radical (unpaired) electrons. The number of nitrogens with zero attached hydrogens (tertiary/aromatic N) is 1. The summed E-state index contributed by atoms with van der Waals surface area (Å²) in [5.41, 5.74) is 6.64. The van der Waals surface area contributed by atoms with E-state index in [9.17, 15) is 13.2 Å². The number of alkyl halides is 3. The second-order valence-corrected chi connectivity index (χ2v) is 3.89. The molecule has 2 rings (SSSR count). The van der Waals surface area contributed by atoms with Crippen LogP contribution in [0.2, 0.25) is 0 Å². The summed E-state index contributed by atoms with van der Waals surface area (Å²) in [6.07, 6.45) is -2.19. The SMILES string of the molecule is NCCc1cn[nH]c1-c1cccc(C(F)(F)F)c1. The van der Waals surface area contributed by atoms with E-state index in [1.807, 2.05) is 0 Å². The van der Waals surface area contributed by atoms with Crippen molar-refractivity contribution < 1.29 is 13.2 Å². The van der Waals surface area contributed by atoms with Gasteiger partial charge in [-0.05, 0) is 30.7 Å². The Hall–Kier alpha value is -1.82. The van der Waals surface area contributed by atoms with Gasteiger partial charge in [-0.2, -0.15) is 18.3 Å². The Balaban J connectivity index is 2.42. The van der Waals surface area contributed by atoms with E-state index in [-0.39, 0.29) is 0 Å². The third-order valence-corrected chi connectivity index (χ3v) is 2.61.